The number of nitrogens with zero attached hydrogens (tertiary/aromatic N) is 3. The number of carbonyl (C=O) groups excluding carboxylic acids is 1. The first-order valence-electron chi connectivity index (χ1n) is 17.6. The van der Waals surface area contributed by atoms with Gasteiger partial charge < -0.3 is 19.3 Å². The Balaban J connectivity index is 1.20. The Morgan fingerprint density at radius 2 is 1.54 bits per heavy atom. The third-order valence-corrected chi connectivity index (χ3v) is 10.6. The highest BCUT2D eigenvalue weighted by Gasteiger charge is 2.30. The number of piperidine rings is 1. The second-order valence-corrected chi connectivity index (χ2v) is 14.2. The molecule has 1 aliphatic carbocycles. The number of carboxylic acid groups (broad SMARTS) is 1. The van der Waals surface area contributed by atoms with Crippen LogP contribution in [0.25, 0.3) is 33.5 Å². The molecule has 2 atom stereocenters. The van der Waals surface area contributed by atoms with Gasteiger partial charge in [0.1, 0.15) is 24.0 Å². The summed E-state index contributed by atoms with van der Waals surface area (Å²) >= 11 is 6.19. The van der Waals surface area contributed by atoms with Crippen LogP contribution in [0.3, 0.4) is 0 Å². The largest absolute Gasteiger partial charge is 0.489 e. The summed E-state index contributed by atoms with van der Waals surface area (Å²) in [6.07, 6.45) is 8.30. The Bertz CT molecular complexity index is 2040. The van der Waals surface area contributed by atoms with Gasteiger partial charge in [-0.15, -0.1) is 0 Å². The van der Waals surface area contributed by atoms with Crippen molar-refractivity contribution < 1.29 is 23.8 Å². The number of rotatable bonds is 8. The second kappa shape index (κ2) is 14.3. The maximum atomic E-state index is 16.1. The molecule has 2 heterocycles. The van der Waals surface area contributed by atoms with Crippen LogP contribution in [-0.4, -0.2) is 43.5 Å². The van der Waals surface area contributed by atoms with Crippen molar-refractivity contribution >= 4 is 34.5 Å². The van der Waals surface area contributed by atoms with Gasteiger partial charge in [-0.2, -0.15) is 0 Å². The zero-order chi connectivity index (χ0) is 34.9. The molecule has 2 aliphatic rings. The summed E-state index contributed by atoms with van der Waals surface area (Å²) in [4.78, 5) is 32.3. The van der Waals surface area contributed by atoms with Crippen molar-refractivity contribution in [2.75, 3.05) is 0 Å². The van der Waals surface area contributed by atoms with Gasteiger partial charge in [0.05, 0.1) is 22.2 Å². The molecule has 50 heavy (non-hydrogen) atoms. The number of carbonyl (C=O) groups is 2. The van der Waals surface area contributed by atoms with E-state index in [0.29, 0.717) is 33.2 Å². The minimum absolute atomic E-state index is 0.000309. The number of fused-ring (bicyclic) bond motifs is 1. The van der Waals surface area contributed by atoms with Gasteiger partial charge in [-0.25, -0.2) is 14.2 Å². The molecule has 1 amide bonds. The fraction of sp³-hybridized carbons (Fsp3) is 0.341. The maximum absolute atomic E-state index is 16.1. The number of aromatic carboxylic acids is 1. The van der Waals surface area contributed by atoms with Crippen molar-refractivity contribution in [3.8, 4) is 28.3 Å². The first-order chi connectivity index (χ1) is 24.2. The number of ether oxygens (including phenoxy) is 1. The summed E-state index contributed by atoms with van der Waals surface area (Å²) in [5.74, 6) is -0.686. The number of benzene rings is 4. The molecular weight excluding hydrogens is 653 g/mol. The van der Waals surface area contributed by atoms with Crippen LogP contribution >= 0.6 is 11.6 Å². The average molecular weight is 694 g/mol. The smallest absolute Gasteiger partial charge is 0.335 e. The zero-order valence-corrected chi connectivity index (χ0v) is 29.1. The molecule has 1 aromatic heterocycles. The number of imidazole rings is 1. The van der Waals surface area contributed by atoms with Gasteiger partial charge >= 0.3 is 5.97 Å². The molecular formula is C41H41ClFN3O4. The number of hydrogen-bond donors (Lipinski definition) is 1. The van der Waals surface area contributed by atoms with Crippen LogP contribution in [0.4, 0.5) is 4.39 Å². The lowest BCUT2D eigenvalue weighted by atomic mass is 9.94. The van der Waals surface area contributed by atoms with Gasteiger partial charge in [0.15, 0.2) is 0 Å². The fourth-order valence-corrected chi connectivity index (χ4v) is 7.91. The van der Waals surface area contributed by atoms with Crippen LogP contribution in [0.15, 0.2) is 78.9 Å². The Morgan fingerprint density at radius 1 is 0.840 bits per heavy atom. The van der Waals surface area contributed by atoms with E-state index in [1.165, 1.54) is 6.07 Å². The lowest BCUT2D eigenvalue weighted by Gasteiger charge is -2.39. The highest BCUT2D eigenvalue weighted by Crippen LogP contribution is 2.38. The van der Waals surface area contributed by atoms with Crippen LogP contribution < -0.4 is 4.74 Å². The fourth-order valence-electron chi connectivity index (χ4n) is 7.79. The van der Waals surface area contributed by atoms with E-state index < -0.39 is 11.8 Å². The van der Waals surface area contributed by atoms with Crippen LogP contribution in [0.5, 0.6) is 5.75 Å². The van der Waals surface area contributed by atoms with Crippen LogP contribution in [0, 0.1) is 5.82 Å². The topological polar surface area (TPSA) is 84.7 Å². The molecule has 2 fully saturated rings. The summed E-state index contributed by atoms with van der Waals surface area (Å²) in [5.41, 5.74) is 5.03. The number of halogens is 2. The van der Waals surface area contributed by atoms with Crippen molar-refractivity contribution in [2.45, 2.75) is 89.9 Å². The molecule has 1 saturated carbocycles. The van der Waals surface area contributed by atoms with Gasteiger partial charge in [-0.1, -0.05) is 49.1 Å². The highest BCUT2D eigenvalue weighted by atomic mass is 35.5. The van der Waals surface area contributed by atoms with Crippen molar-refractivity contribution in [1.82, 2.24) is 14.5 Å². The van der Waals surface area contributed by atoms with Crippen molar-refractivity contribution in [2.24, 2.45) is 0 Å². The minimum atomic E-state index is -1.03. The summed E-state index contributed by atoms with van der Waals surface area (Å²) in [6, 6.07) is 23.4. The van der Waals surface area contributed by atoms with Gasteiger partial charge in [-0.3, -0.25) is 4.79 Å². The molecule has 0 spiro atoms. The number of amides is 1. The van der Waals surface area contributed by atoms with E-state index in [1.54, 1.807) is 30.3 Å². The zero-order valence-electron chi connectivity index (χ0n) is 28.4. The predicted octanol–water partition coefficient (Wildman–Crippen LogP) is 10.3. The van der Waals surface area contributed by atoms with Gasteiger partial charge in [0, 0.05) is 34.8 Å². The van der Waals surface area contributed by atoms with Crippen molar-refractivity contribution in [3.63, 3.8) is 0 Å². The van der Waals surface area contributed by atoms with Gasteiger partial charge in [0.25, 0.3) is 5.91 Å². The van der Waals surface area contributed by atoms with Gasteiger partial charge in [0.2, 0.25) is 0 Å². The second-order valence-electron chi connectivity index (χ2n) is 13.8. The van der Waals surface area contributed by atoms with Crippen molar-refractivity contribution in [3.05, 3.63) is 106 Å². The Morgan fingerprint density at radius 3 is 2.24 bits per heavy atom. The van der Waals surface area contributed by atoms with Crippen molar-refractivity contribution in [1.29, 1.82) is 0 Å². The standard InChI is InChI=1S/C41H41ClFN3O4/c1-25-7-6-8-26(2)45(25)40(47)28-13-18-34(27-11-15-31(42)16-12-27)30(21-28)24-50-33-17-19-35(36(43)23-33)39-44-37-22-29(41(48)49)14-20-38(37)46(39)32-9-4-3-5-10-32/h11-23,25-26,32H,3-10,24H2,1-2H3,(H,48,49)/t25-,26+. The van der Waals surface area contributed by atoms with Crippen LogP contribution in [0.1, 0.15) is 97.5 Å². The number of hydrogen-bond acceptors (Lipinski definition) is 4. The van der Waals surface area contributed by atoms with E-state index in [0.717, 1.165) is 73.6 Å². The van der Waals surface area contributed by atoms with E-state index in [2.05, 4.69) is 18.4 Å². The SMILES string of the molecule is C[C@@H]1CCC[C@H](C)N1C(=O)c1ccc(-c2ccc(Cl)cc2)c(COc2ccc(-c3nc4cc(C(=O)O)ccc4n3C3CCCCC3)c(F)c2)c1. The Labute approximate surface area is 296 Å². The van der Waals surface area contributed by atoms with Crippen LogP contribution in [0.2, 0.25) is 5.02 Å². The normalized spacial score (nSPS) is 18.4. The average Bonchev–Trinajstić information content (AvgIpc) is 3.50. The van der Waals surface area contributed by atoms with E-state index >= 15 is 4.39 Å². The first kappa shape index (κ1) is 33.8. The van der Waals surface area contributed by atoms with E-state index in [-0.39, 0.29) is 36.2 Å². The molecule has 1 N–H and O–H groups in total. The molecule has 1 saturated heterocycles. The highest BCUT2D eigenvalue weighted by molar-refractivity contribution is 6.30. The predicted molar refractivity (Wildman–Crippen MR) is 194 cm³/mol. The summed E-state index contributed by atoms with van der Waals surface area (Å²) in [5, 5.41) is 10.2. The lowest BCUT2D eigenvalue weighted by molar-refractivity contribution is 0.0510. The molecule has 258 valence electrons. The third-order valence-electron chi connectivity index (χ3n) is 10.4. The Hall–Kier alpha value is -4.69. The summed E-state index contributed by atoms with van der Waals surface area (Å²) in [6.45, 7) is 4.33. The third kappa shape index (κ3) is 6.73. The quantitative estimate of drug-likeness (QED) is 0.175. The molecule has 4 aromatic carbocycles. The minimum Gasteiger partial charge on any atom is -0.489 e. The molecule has 0 radical (unpaired) electrons. The monoisotopic (exact) mass is 693 g/mol. The summed E-state index contributed by atoms with van der Waals surface area (Å²) in [7, 11) is 0. The molecule has 1 aliphatic heterocycles. The number of likely N-dealkylation sites (tertiary alicyclic amines) is 1. The van der Waals surface area contributed by atoms with E-state index in [4.69, 9.17) is 21.3 Å². The number of aromatic nitrogens is 2. The molecule has 5 aromatic rings. The summed E-state index contributed by atoms with van der Waals surface area (Å²) < 4.78 is 24.4. The maximum Gasteiger partial charge on any atom is 0.335 e. The molecule has 7 rings (SSSR count). The van der Waals surface area contributed by atoms with Gasteiger partial charge in [-0.05, 0) is 117 Å². The Kier molecular flexibility index (Phi) is 9.65. The lowest BCUT2D eigenvalue weighted by Crippen LogP contribution is -2.47. The van der Waals surface area contributed by atoms with E-state index in [1.807, 2.05) is 47.4 Å². The molecule has 7 nitrogen and oxygen atoms in total. The molecule has 9 heteroatoms. The van der Waals surface area contributed by atoms with E-state index in [9.17, 15) is 14.7 Å². The molecule has 0 unspecified atom stereocenters. The number of carboxylic acids is 1. The first-order valence-corrected chi connectivity index (χ1v) is 17.9. The van der Waals surface area contributed by atoms with Crippen LogP contribution in [-0.2, 0) is 6.61 Å². The molecule has 0 bridgehead atoms.